The van der Waals surface area contributed by atoms with Gasteiger partial charge in [-0.05, 0) is 57.0 Å². The molecule has 0 saturated heterocycles. The highest BCUT2D eigenvalue weighted by Gasteiger charge is 2.25. The first-order valence-electron chi connectivity index (χ1n) is 11.6. The van der Waals surface area contributed by atoms with Gasteiger partial charge in [-0.1, -0.05) is 43.7 Å². The number of nitrogens with one attached hydrogen (secondary N) is 1. The zero-order chi connectivity index (χ0) is 25.9. The number of anilines is 1. The Labute approximate surface area is 206 Å². The van der Waals surface area contributed by atoms with E-state index in [1.165, 1.54) is 16.4 Å². The highest BCUT2D eigenvalue weighted by molar-refractivity contribution is 7.89. The minimum atomic E-state index is -3.68. The number of aryl methyl sites for hydroxylation is 3. The van der Waals surface area contributed by atoms with Crippen molar-refractivity contribution in [3.8, 4) is 11.3 Å². The molecule has 0 spiro atoms. The van der Waals surface area contributed by atoms with Crippen molar-refractivity contribution in [1.29, 1.82) is 0 Å². The molecule has 0 saturated carbocycles. The number of nitrogens with zero attached hydrogens (tertiary/aromatic N) is 3. The molecule has 1 aromatic heterocycles. The lowest BCUT2D eigenvalue weighted by atomic mass is 10.1. The Morgan fingerprint density at radius 3 is 2.31 bits per heavy atom. The van der Waals surface area contributed by atoms with Crippen molar-refractivity contribution in [3.63, 3.8) is 0 Å². The van der Waals surface area contributed by atoms with Crippen LogP contribution < -0.4 is 10.9 Å². The van der Waals surface area contributed by atoms with Crippen LogP contribution in [0.3, 0.4) is 0 Å². The van der Waals surface area contributed by atoms with E-state index < -0.39 is 21.6 Å². The van der Waals surface area contributed by atoms with Gasteiger partial charge in [-0.15, -0.1) is 0 Å². The molecule has 1 N–H and O–H groups in total. The topological polar surface area (TPSA) is 101 Å². The van der Waals surface area contributed by atoms with E-state index in [1.807, 2.05) is 32.0 Å². The van der Waals surface area contributed by atoms with Crippen LogP contribution in [-0.4, -0.2) is 41.5 Å². The predicted octanol–water partition coefficient (Wildman–Crippen LogP) is 4.07. The maximum absolute atomic E-state index is 13.1. The van der Waals surface area contributed by atoms with Gasteiger partial charge in [-0.25, -0.2) is 13.1 Å². The van der Waals surface area contributed by atoms with Gasteiger partial charge in [0.15, 0.2) is 0 Å². The molecule has 0 aliphatic carbocycles. The molecule has 1 atom stereocenters. The quantitative estimate of drug-likeness (QED) is 0.507. The highest BCUT2D eigenvalue weighted by Crippen LogP contribution is 2.26. The molecule has 35 heavy (non-hydrogen) atoms. The smallest absolute Gasteiger partial charge is 0.267 e. The van der Waals surface area contributed by atoms with Crippen LogP contribution >= 0.6 is 0 Å². The third-order valence-electron chi connectivity index (χ3n) is 6.02. The van der Waals surface area contributed by atoms with Gasteiger partial charge in [-0.2, -0.15) is 9.40 Å². The summed E-state index contributed by atoms with van der Waals surface area (Å²) >= 11 is 0. The molecule has 1 heterocycles. The Morgan fingerprint density at radius 2 is 1.69 bits per heavy atom. The average molecular weight is 497 g/mol. The number of amides is 1. The minimum absolute atomic E-state index is 0.193. The van der Waals surface area contributed by atoms with Crippen molar-refractivity contribution < 1.29 is 13.2 Å². The fourth-order valence-corrected chi connectivity index (χ4v) is 5.61. The van der Waals surface area contributed by atoms with E-state index in [2.05, 4.69) is 10.4 Å². The van der Waals surface area contributed by atoms with Crippen LogP contribution in [-0.2, 0) is 14.8 Å². The van der Waals surface area contributed by atoms with Gasteiger partial charge < -0.3 is 5.32 Å². The lowest BCUT2D eigenvalue weighted by Crippen LogP contribution is -2.33. The van der Waals surface area contributed by atoms with Gasteiger partial charge in [-0.3, -0.25) is 9.59 Å². The maximum atomic E-state index is 13.1. The summed E-state index contributed by atoms with van der Waals surface area (Å²) in [4.78, 5) is 25.7. The van der Waals surface area contributed by atoms with Crippen molar-refractivity contribution in [1.82, 2.24) is 14.1 Å². The first-order chi connectivity index (χ1) is 16.5. The van der Waals surface area contributed by atoms with E-state index >= 15 is 0 Å². The first kappa shape index (κ1) is 26.3. The standard InChI is InChI=1S/C26H32N4O4S/c1-7-29(8-2)35(33,34)24-16-21(11-10-18(24)4)23-13-14-25(31)30(28-23)20(6)26(32)27-22-12-9-17(3)15-19(22)5/h9-16,20H,7-8H2,1-6H3,(H,27,32)/t20-/m0/s1. The van der Waals surface area contributed by atoms with E-state index in [-0.39, 0.29) is 10.8 Å². The Bertz CT molecular complexity index is 1410. The van der Waals surface area contributed by atoms with Crippen molar-refractivity contribution in [3.05, 3.63) is 75.6 Å². The molecule has 0 bridgehead atoms. The Kier molecular flexibility index (Phi) is 7.92. The molecule has 0 unspecified atom stereocenters. The van der Waals surface area contributed by atoms with E-state index in [0.717, 1.165) is 15.8 Å². The number of sulfonamides is 1. The van der Waals surface area contributed by atoms with Crippen LogP contribution in [0.25, 0.3) is 11.3 Å². The van der Waals surface area contributed by atoms with Crippen molar-refractivity contribution >= 4 is 21.6 Å². The fourth-order valence-electron chi connectivity index (χ4n) is 3.90. The van der Waals surface area contributed by atoms with Crippen molar-refractivity contribution in [2.45, 2.75) is 52.5 Å². The van der Waals surface area contributed by atoms with E-state index in [9.17, 15) is 18.0 Å². The number of hydrogen-bond donors (Lipinski definition) is 1. The number of hydrogen-bond acceptors (Lipinski definition) is 5. The van der Waals surface area contributed by atoms with Gasteiger partial charge in [0.1, 0.15) is 6.04 Å². The summed E-state index contributed by atoms with van der Waals surface area (Å²) in [5.74, 6) is -0.377. The van der Waals surface area contributed by atoms with E-state index in [4.69, 9.17) is 0 Å². The van der Waals surface area contributed by atoms with Gasteiger partial charge in [0, 0.05) is 30.4 Å². The van der Waals surface area contributed by atoms with Crippen LogP contribution in [0.4, 0.5) is 5.69 Å². The number of rotatable bonds is 8. The largest absolute Gasteiger partial charge is 0.324 e. The molecular weight excluding hydrogens is 464 g/mol. The molecule has 0 fully saturated rings. The zero-order valence-corrected chi connectivity index (χ0v) is 21.8. The zero-order valence-electron chi connectivity index (χ0n) is 21.0. The number of carbonyl (C=O) groups excluding carboxylic acids is 1. The van der Waals surface area contributed by atoms with Gasteiger partial charge in [0.25, 0.3) is 5.56 Å². The molecular formula is C26H32N4O4S. The molecule has 0 aliphatic heterocycles. The van der Waals surface area contributed by atoms with Crippen LogP contribution in [0, 0.1) is 20.8 Å². The second-order valence-corrected chi connectivity index (χ2v) is 10.5. The summed E-state index contributed by atoms with van der Waals surface area (Å²) in [5, 5.41) is 7.28. The van der Waals surface area contributed by atoms with E-state index in [0.29, 0.717) is 35.6 Å². The molecule has 8 nitrogen and oxygen atoms in total. The van der Waals surface area contributed by atoms with E-state index in [1.54, 1.807) is 45.9 Å². The highest BCUT2D eigenvalue weighted by atomic mass is 32.2. The second-order valence-electron chi connectivity index (χ2n) is 8.55. The van der Waals surface area contributed by atoms with Crippen LogP contribution in [0.5, 0.6) is 0 Å². The number of benzene rings is 2. The predicted molar refractivity (Wildman–Crippen MR) is 138 cm³/mol. The third-order valence-corrected chi connectivity index (χ3v) is 8.21. The molecule has 3 aromatic rings. The molecule has 3 rings (SSSR count). The number of carbonyl (C=O) groups is 1. The van der Waals surface area contributed by atoms with Gasteiger partial charge >= 0.3 is 0 Å². The fraction of sp³-hybridized carbons (Fsp3) is 0.346. The Balaban J connectivity index is 1.97. The SMILES string of the molecule is CCN(CC)S(=O)(=O)c1cc(-c2ccc(=O)n([C@@H](C)C(=O)Nc3ccc(C)cc3C)n2)ccc1C. The second kappa shape index (κ2) is 10.5. The summed E-state index contributed by atoms with van der Waals surface area (Å²) in [7, 11) is -3.68. The summed E-state index contributed by atoms with van der Waals surface area (Å²) in [6.45, 7) is 11.5. The average Bonchev–Trinajstić information content (AvgIpc) is 2.81. The first-order valence-corrected chi connectivity index (χ1v) is 13.0. The third kappa shape index (κ3) is 5.52. The lowest BCUT2D eigenvalue weighted by molar-refractivity contribution is -0.119. The summed E-state index contributed by atoms with van der Waals surface area (Å²) < 4.78 is 28.8. The summed E-state index contributed by atoms with van der Waals surface area (Å²) in [5.41, 5.74) is 3.79. The normalized spacial score (nSPS) is 12.5. The van der Waals surface area contributed by atoms with Crippen LogP contribution in [0.2, 0.25) is 0 Å². The van der Waals surface area contributed by atoms with Gasteiger partial charge in [0.05, 0.1) is 10.6 Å². The van der Waals surface area contributed by atoms with Crippen molar-refractivity contribution in [2.75, 3.05) is 18.4 Å². The van der Waals surface area contributed by atoms with Crippen molar-refractivity contribution in [2.24, 2.45) is 0 Å². The molecule has 186 valence electrons. The summed E-state index contributed by atoms with van der Waals surface area (Å²) in [6, 6.07) is 12.7. The minimum Gasteiger partial charge on any atom is -0.324 e. The number of aromatic nitrogens is 2. The van der Waals surface area contributed by atoms with Gasteiger partial charge in [0.2, 0.25) is 15.9 Å². The molecule has 0 aliphatic rings. The molecule has 9 heteroatoms. The summed E-state index contributed by atoms with van der Waals surface area (Å²) in [6.07, 6.45) is 0. The molecule has 1 amide bonds. The molecule has 0 radical (unpaired) electrons. The maximum Gasteiger partial charge on any atom is 0.267 e. The van der Waals surface area contributed by atoms with Crippen LogP contribution in [0.1, 0.15) is 43.5 Å². The monoisotopic (exact) mass is 496 g/mol. The molecule has 2 aromatic carbocycles. The Hall–Kier alpha value is -3.30. The van der Waals surface area contributed by atoms with Crippen LogP contribution in [0.15, 0.2) is 58.2 Å². The Morgan fingerprint density at radius 1 is 1.00 bits per heavy atom. The lowest BCUT2D eigenvalue weighted by Gasteiger charge is -2.20.